The smallest absolute Gasteiger partial charge is 0.316 e. The van der Waals surface area contributed by atoms with E-state index in [4.69, 9.17) is 9.47 Å². The van der Waals surface area contributed by atoms with Crippen molar-refractivity contribution in [2.24, 2.45) is 5.41 Å². The number of methoxy groups -OCH3 is 1. The minimum absolute atomic E-state index is 0.132. The summed E-state index contributed by atoms with van der Waals surface area (Å²) in [5.74, 6) is 0.0707. The van der Waals surface area contributed by atoms with Crippen molar-refractivity contribution in [2.45, 2.75) is 37.0 Å². The Labute approximate surface area is 164 Å². The van der Waals surface area contributed by atoms with E-state index < -0.39 is 34.0 Å². The van der Waals surface area contributed by atoms with Gasteiger partial charge in [-0.3, -0.25) is 4.79 Å². The van der Waals surface area contributed by atoms with Crippen LogP contribution in [0.4, 0.5) is 0 Å². The topological polar surface area (TPSA) is 104 Å². The minimum Gasteiger partial charge on any atom is -0.497 e. The highest BCUT2D eigenvalue weighted by molar-refractivity contribution is 8.67. The van der Waals surface area contributed by atoms with E-state index in [2.05, 4.69) is 0 Å². The van der Waals surface area contributed by atoms with Crippen LogP contribution in [0.3, 0.4) is 0 Å². The molecule has 0 aromatic heterocycles. The molecule has 2 aromatic carbocycles. The van der Waals surface area contributed by atoms with Crippen molar-refractivity contribution in [3.8, 4) is 11.5 Å². The van der Waals surface area contributed by atoms with Crippen LogP contribution < -0.4 is 9.47 Å². The molecule has 0 aliphatic rings. The molecule has 7 nitrogen and oxygen atoms in total. The van der Waals surface area contributed by atoms with Crippen molar-refractivity contribution in [1.29, 1.82) is 0 Å². The van der Waals surface area contributed by atoms with E-state index in [-0.39, 0.29) is 10.6 Å². The molecule has 0 atom stereocenters. The Balaban J connectivity index is 2.31. The van der Waals surface area contributed by atoms with Crippen molar-refractivity contribution in [1.82, 2.24) is 0 Å². The maximum Gasteiger partial charge on any atom is 0.316 e. The summed E-state index contributed by atoms with van der Waals surface area (Å²) in [5, 5.41) is 0. The first kappa shape index (κ1) is 21.9. The molecule has 0 amide bonds. The fourth-order valence-corrected chi connectivity index (χ4v) is 5.69. The highest BCUT2D eigenvalue weighted by atomic mass is 33.2. The lowest BCUT2D eigenvalue weighted by atomic mass is 9.91. The summed E-state index contributed by atoms with van der Waals surface area (Å²) in [6, 6.07) is 9.74. The summed E-state index contributed by atoms with van der Waals surface area (Å²) in [6.45, 7) is 5.31. The van der Waals surface area contributed by atoms with Crippen LogP contribution >= 0.6 is 0 Å². The van der Waals surface area contributed by atoms with E-state index in [0.29, 0.717) is 12.2 Å². The fourth-order valence-electron chi connectivity index (χ4n) is 2.06. The highest BCUT2D eigenvalue weighted by Gasteiger charge is 2.34. The molecule has 0 saturated heterocycles. The third-order valence-electron chi connectivity index (χ3n) is 4.40. The Kier molecular flexibility index (Phi) is 6.20. The molecule has 0 bridgehead atoms. The predicted octanol–water partition coefficient (Wildman–Crippen LogP) is 3.20. The van der Waals surface area contributed by atoms with E-state index >= 15 is 0 Å². The number of carbonyl (C=O) groups excluding carboxylic acids is 1. The van der Waals surface area contributed by atoms with Gasteiger partial charge in [0.2, 0.25) is 0 Å². The molecule has 0 unspecified atom stereocenters. The van der Waals surface area contributed by atoms with E-state index in [9.17, 15) is 21.6 Å². The fraction of sp³-hybridized carbons (Fsp3) is 0.316. The van der Waals surface area contributed by atoms with Gasteiger partial charge in [-0.25, -0.2) is 16.8 Å². The van der Waals surface area contributed by atoms with Crippen molar-refractivity contribution >= 4 is 23.7 Å². The van der Waals surface area contributed by atoms with E-state index in [1.54, 1.807) is 13.8 Å². The summed E-state index contributed by atoms with van der Waals surface area (Å²) < 4.78 is 60.6. The third kappa shape index (κ3) is 4.20. The SMILES string of the molecule is CCC(C)(C)C(=O)Oc1ccc(S(=O)(=O)S(=O)(=O)c2ccc(OC)cc2)cc1. The zero-order valence-corrected chi connectivity index (χ0v) is 17.6. The first-order valence-corrected chi connectivity index (χ1v) is 11.9. The largest absolute Gasteiger partial charge is 0.497 e. The van der Waals surface area contributed by atoms with Crippen LogP contribution in [0.15, 0.2) is 58.3 Å². The van der Waals surface area contributed by atoms with Gasteiger partial charge in [0, 0.05) is 0 Å². The third-order valence-corrected chi connectivity index (χ3v) is 9.56. The van der Waals surface area contributed by atoms with Gasteiger partial charge in [0.25, 0.3) is 17.7 Å². The number of hydrogen-bond acceptors (Lipinski definition) is 7. The molecular weight excluding hydrogens is 404 g/mol. The summed E-state index contributed by atoms with van der Waals surface area (Å²) >= 11 is 0. The average molecular weight is 427 g/mol. The van der Waals surface area contributed by atoms with Crippen LogP contribution in [-0.2, 0) is 22.5 Å². The maximum absolute atomic E-state index is 12.6. The van der Waals surface area contributed by atoms with Crippen LogP contribution in [-0.4, -0.2) is 29.9 Å². The van der Waals surface area contributed by atoms with Crippen LogP contribution in [0.25, 0.3) is 0 Å². The monoisotopic (exact) mass is 426 g/mol. The molecule has 0 aliphatic carbocycles. The number of esters is 1. The number of ether oxygens (including phenoxy) is 2. The Bertz CT molecular complexity index is 1050. The zero-order valence-electron chi connectivity index (χ0n) is 16.0. The number of rotatable bonds is 7. The second-order valence-corrected chi connectivity index (χ2v) is 12.1. The van der Waals surface area contributed by atoms with E-state index in [1.165, 1.54) is 31.4 Å². The van der Waals surface area contributed by atoms with Gasteiger partial charge in [0.15, 0.2) is 0 Å². The lowest BCUT2D eigenvalue weighted by Crippen LogP contribution is -2.28. The average Bonchev–Trinajstić information content (AvgIpc) is 2.68. The molecule has 152 valence electrons. The summed E-state index contributed by atoms with van der Waals surface area (Å²) in [7, 11) is -7.96. The minimum atomic E-state index is -4.70. The molecular formula is C19H22O7S2. The Morgan fingerprint density at radius 2 is 1.21 bits per heavy atom. The second kappa shape index (κ2) is 7.92. The second-order valence-electron chi connectivity index (χ2n) is 6.68. The normalized spacial score (nSPS) is 12.4. The predicted molar refractivity (Wildman–Crippen MR) is 104 cm³/mol. The lowest BCUT2D eigenvalue weighted by Gasteiger charge is -2.20. The molecule has 0 aliphatic heterocycles. The van der Waals surface area contributed by atoms with Gasteiger partial charge in [-0.05, 0) is 68.8 Å². The first-order valence-electron chi connectivity index (χ1n) is 8.42. The molecule has 9 heteroatoms. The van der Waals surface area contributed by atoms with Gasteiger partial charge >= 0.3 is 5.97 Å². The quantitative estimate of drug-likeness (QED) is 0.380. The van der Waals surface area contributed by atoms with Gasteiger partial charge in [0.1, 0.15) is 11.5 Å². The van der Waals surface area contributed by atoms with Gasteiger partial charge in [-0.2, -0.15) is 0 Å². The van der Waals surface area contributed by atoms with Crippen LogP contribution in [0.2, 0.25) is 0 Å². The Morgan fingerprint density at radius 1 is 0.821 bits per heavy atom. The molecule has 0 heterocycles. The first-order chi connectivity index (χ1) is 13.0. The molecule has 0 N–H and O–H groups in total. The maximum atomic E-state index is 12.6. The number of carbonyl (C=O) groups is 1. The molecule has 2 rings (SSSR count). The zero-order chi connectivity index (χ0) is 21.2. The number of hydrogen-bond donors (Lipinski definition) is 0. The van der Waals surface area contributed by atoms with Gasteiger partial charge in [-0.15, -0.1) is 0 Å². The van der Waals surface area contributed by atoms with Gasteiger partial charge in [-0.1, -0.05) is 6.92 Å². The standard InChI is InChI=1S/C19H22O7S2/c1-5-19(2,3)18(20)26-15-8-12-17(13-9-15)28(23,24)27(21,22)16-10-6-14(25-4)7-11-16/h6-13H,5H2,1-4H3. The molecule has 0 fully saturated rings. The van der Waals surface area contributed by atoms with Gasteiger partial charge < -0.3 is 9.47 Å². The van der Waals surface area contributed by atoms with Crippen molar-refractivity contribution in [2.75, 3.05) is 7.11 Å². The molecule has 0 saturated carbocycles. The summed E-state index contributed by atoms with van der Waals surface area (Å²) in [6.07, 6.45) is 0.568. The number of benzene rings is 2. The summed E-state index contributed by atoms with van der Waals surface area (Å²) in [5.41, 5.74) is -0.692. The van der Waals surface area contributed by atoms with Crippen LogP contribution in [0, 0.1) is 5.41 Å². The Morgan fingerprint density at radius 3 is 1.57 bits per heavy atom. The van der Waals surface area contributed by atoms with Crippen LogP contribution in [0.5, 0.6) is 11.5 Å². The van der Waals surface area contributed by atoms with Crippen molar-refractivity contribution in [3.63, 3.8) is 0 Å². The molecule has 28 heavy (non-hydrogen) atoms. The van der Waals surface area contributed by atoms with Crippen molar-refractivity contribution in [3.05, 3.63) is 48.5 Å². The molecule has 0 spiro atoms. The molecule has 0 radical (unpaired) electrons. The van der Waals surface area contributed by atoms with Crippen LogP contribution in [0.1, 0.15) is 27.2 Å². The van der Waals surface area contributed by atoms with Gasteiger partial charge in [0.05, 0.1) is 22.3 Å². The van der Waals surface area contributed by atoms with E-state index in [1.807, 2.05) is 6.92 Å². The summed E-state index contributed by atoms with van der Waals surface area (Å²) in [4.78, 5) is 11.3. The molecule has 2 aromatic rings. The van der Waals surface area contributed by atoms with Crippen molar-refractivity contribution < 1.29 is 31.1 Å². The van der Waals surface area contributed by atoms with E-state index in [0.717, 1.165) is 24.3 Å². The highest BCUT2D eigenvalue weighted by Crippen LogP contribution is 2.28. The Hall–Kier alpha value is -2.39. The lowest BCUT2D eigenvalue weighted by molar-refractivity contribution is -0.144.